The Balaban J connectivity index is 1.73. The normalized spacial score (nSPS) is 48.8. The van der Waals surface area contributed by atoms with Gasteiger partial charge in [0.2, 0.25) is 0 Å². The van der Waals surface area contributed by atoms with Crippen molar-refractivity contribution < 1.29 is 0 Å². The van der Waals surface area contributed by atoms with Crippen LogP contribution in [0.15, 0.2) is 0 Å². The van der Waals surface area contributed by atoms with Crippen LogP contribution in [0.3, 0.4) is 0 Å². The highest BCUT2D eigenvalue weighted by molar-refractivity contribution is 5.13. The molecule has 3 saturated carbocycles. The van der Waals surface area contributed by atoms with Gasteiger partial charge in [-0.05, 0) is 60.7 Å². The third kappa shape index (κ3) is 1.85. The quantitative estimate of drug-likeness (QED) is 0.766. The fourth-order valence-corrected chi connectivity index (χ4v) is 5.53. The van der Waals surface area contributed by atoms with Crippen LogP contribution in [0.4, 0.5) is 0 Å². The molecule has 0 aromatic rings. The van der Waals surface area contributed by atoms with E-state index in [-0.39, 0.29) is 0 Å². The van der Waals surface area contributed by atoms with Gasteiger partial charge in [-0.2, -0.15) is 0 Å². The van der Waals surface area contributed by atoms with Gasteiger partial charge in [0.15, 0.2) is 0 Å². The Bertz CT molecular complexity index is 339. The van der Waals surface area contributed by atoms with Gasteiger partial charge in [0, 0.05) is 12.1 Å². The number of nitrogens with one attached hydrogen (secondary N) is 1. The summed E-state index contributed by atoms with van der Waals surface area (Å²) in [5.74, 6) is 0.967. The van der Waals surface area contributed by atoms with Crippen LogP contribution >= 0.6 is 0 Å². The summed E-state index contributed by atoms with van der Waals surface area (Å²) in [5.41, 5.74) is 1.67. The molecule has 0 radical (unpaired) electrons. The molecule has 1 N–H and O–H groups in total. The summed E-state index contributed by atoms with van der Waals surface area (Å²) in [5, 5.41) is 4.10. The second-order valence-electron chi connectivity index (χ2n) is 9.12. The Morgan fingerprint density at radius 2 is 1.61 bits per heavy atom. The number of rotatable bonds is 2. The van der Waals surface area contributed by atoms with E-state index in [1.54, 1.807) is 0 Å². The summed E-state index contributed by atoms with van der Waals surface area (Å²) in [4.78, 5) is 0. The monoisotopic (exact) mass is 249 g/mol. The molecule has 2 bridgehead atoms. The van der Waals surface area contributed by atoms with Crippen molar-refractivity contribution in [2.45, 2.75) is 85.2 Å². The first kappa shape index (κ1) is 13.0. The van der Waals surface area contributed by atoms with E-state index < -0.39 is 0 Å². The Hall–Kier alpha value is -0.0400. The molecule has 0 aliphatic heterocycles. The fraction of sp³-hybridized carbons (Fsp3) is 1.00. The largest absolute Gasteiger partial charge is 0.310 e. The third-order valence-electron chi connectivity index (χ3n) is 6.64. The molecule has 3 rings (SSSR count). The lowest BCUT2D eigenvalue weighted by molar-refractivity contribution is 0.0974. The minimum Gasteiger partial charge on any atom is -0.310 e. The van der Waals surface area contributed by atoms with Gasteiger partial charge >= 0.3 is 0 Å². The van der Waals surface area contributed by atoms with Crippen LogP contribution in [0.5, 0.6) is 0 Å². The van der Waals surface area contributed by atoms with Gasteiger partial charge in [-0.25, -0.2) is 0 Å². The molecule has 3 aliphatic rings. The lowest BCUT2D eigenvalue weighted by Gasteiger charge is -2.45. The highest BCUT2D eigenvalue weighted by Crippen LogP contribution is 2.62. The first-order chi connectivity index (χ1) is 8.23. The molecular weight excluding hydrogens is 218 g/mol. The molecular formula is C17H31N. The van der Waals surface area contributed by atoms with Crippen LogP contribution in [-0.2, 0) is 0 Å². The fourth-order valence-electron chi connectivity index (χ4n) is 5.53. The van der Waals surface area contributed by atoms with Crippen LogP contribution < -0.4 is 5.32 Å². The summed E-state index contributed by atoms with van der Waals surface area (Å²) >= 11 is 0. The van der Waals surface area contributed by atoms with Crippen LogP contribution in [0.1, 0.15) is 73.1 Å². The summed E-state index contributed by atoms with van der Waals surface area (Å²) in [7, 11) is 0. The summed E-state index contributed by atoms with van der Waals surface area (Å²) in [6.45, 7) is 12.4. The van der Waals surface area contributed by atoms with Crippen molar-refractivity contribution in [3.05, 3.63) is 0 Å². The van der Waals surface area contributed by atoms with Crippen molar-refractivity contribution in [2.75, 3.05) is 0 Å². The molecule has 4 atom stereocenters. The average Bonchev–Trinajstić information content (AvgIpc) is 2.83. The third-order valence-corrected chi connectivity index (χ3v) is 6.64. The molecule has 1 nitrogen and oxygen atoms in total. The Morgan fingerprint density at radius 1 is 0.889 bits per heavy atom. The van der Waals surface area contributed by atoms with Crippen LogP contribution in [0.25, 0.3) is 0 Å². The summed E-state index contributed by atoms with van der Waals surface area (Å²) in [6, 6.07) is 1.53. The molecule has 0 heterocycles. The average molecular weight is 249 g/mol. The Kier molecular flexibility index (Phi) is 2.70. The Morgan fingerprint density at radius 3 is 2.11 bits per heavy atom. The molecule has 2 unspecified atom stereocenters. The molecule has 1 heteroatoms. The van der Waals surface area contributed by atoms with Crippen molar-refractivity contribution in [3.63, 3.8) is 0 Å². The molecule has 0 aromatic heterocycles. The maximum Gasteiger partial charge on any atom is 0.0177 e. The van der Waals surface area contributed by atoms with Gasteiger partial charge in [-0.3, -0.25) is 0 Å². The maximum atomic E-state index is 4.10. The number of hydrogen-bond acceptors (Lipinski definition) is 1. The molecule has 3 fully saturated rings. The number of fused-ring (bicyclic) bond motifs is 2. The first-order valence-corrected chi connectivity index (χ1v) is 7.99. The topological polar surface area (TPSA) is 12.0 Å². The molecule has 104 valence electrons. The summed E-state index contributed by atoms with van der Waals surface area (Å²) in [6.07, 6.45) is 8.55. The minimum atomic E-state index is 0.514. The lowest BCUT2D eigenvalue weighted by atomic mass is 9.68. The number of hydrogen-bond donors (Lipinski definition) is 1. The predicted molar refractivity (Wildman–Crippen MR) is 77.6 cm³/mol. The van der Waals surface area contributed by atoms with E-state index >= 15 is 0 Å². The van der Waals surface area contributed by atoms with E-state index in [1.807, 2.05) is 0 Å². The van der Waals surface area contributed by atoms with E-state index in [9.17, 15) is 0 Å². The van der Waals surface area contributed by atoms with Crippen molar-refractivity contribution in [1.29, 1.82) is 0 Å². The van der Waals surface area contributed by atoms with Crippen molar-refractivity contribution in [2.24, 2.45) is 22.2 Å². The van der Waals surface area contributed by atoms with Crippen LogP contribution in [-0.4, -0.2) is 12.1 Å². The zero-order valence-corrected chi connectivity index (χ0v) is 13.0. The van der Waals surface area contributed by atoms with Crippen molar-refractivity contribution in [3.8, 4) is 0 Å². The zero-order chi connectivity index (χ0) is 13.2. The van der Waals surface area contributed by atoms with Crippen molar-refractivity contribution in [1.82, 2.24) is 5.32 Å². The molecule has 18 heavy (non-hydrogen) atoms. The highest BCUT2D eigenvalue weighted by atomic mass is 15.0. The molecule has 0 aromatic carbocycles. The molecule has 0 amide bonds. The van der Waals surface area contributed by atoms with Crippen molar-refractivity contribution >= 4 is 0 Å². The SMILES string of the molecule is CC1(C)CCC(NC2C(C)(C)[C@H]3CC[C@]2(C)C3)C1. The first-order valence-electron chi connectivity index (χ1n) is 7.99. The van der Waals surface area contributed by atoms with Crippen LogP contribution in [0.2, 0.25) is 0 Å². The lowest BCUT2D eigenvalue weighted by Crippen LogP contribution is -2.53. The minimum absolute atomic E-state index is 0.514. The highest BCUT2D eigenvalue weighted by Gasteiger charge is 2.59. The second kappa shape index (κ2) is 3.75. The van der Waals surface area contributed by atoms with Gasteiger partial charge in [0.25, 0.3) is 0 Å². The predicted octanol–water partition coefficient (Wildman–Crippen LogP) is 4.37. The summed E-state index contributed by atoms with van der Waals surface area (Å²) < 4.78 is 0. The molecule has 0 saturated heterocycles. The molecule has 0 spiro atoms. The van der Waals surface area contributed by atoms with Gasteiger partial charge in [-0.15, -0.1) is 0 Å². The van der Waals surface area contributed by atoms with E-state index in [0.29, 0.717) is 16.2 Å². The zero-order valence-electron chi connectivity index (χ0n) is 13.0. The van der Waals surface area contributed by atoms with E-state index in [0.717, 1.165) is 18.0 Å². The smallest absolute Gasteiger partial charge is 0.0177 e. The standard InChI is InChI=1S/C17H31N/c1-15(2)8-7-13(11-15)18-14-16(3,4)12-6-9-17(14,5)10-12/h12-14,18H,6-11H2,1-5H3/t12-,13?,14?,17+/m0/s1. The second-order valence-corrected chi connectivity index (χ2v) is 9.12. The van der Waals surface area contributed by atoms with Gasteiger partial charge in [-0.1, -0.05) is 34.6 Å². The molecule has 3 aliphatic carbocycles. The van der Waals surface area contributed by atoms with E-state index in [4.69, 9.17) is 0 Å². The maximum absolute atomic E-state index is 4.10. The van der Waals surface area contributed by atoms with Crippen LogP contribution in [0, 0.1) is 22.2 Å². The Labute approximate surface area is 113 Å². The van der Waals surface area contributed by atoms with Gasteiger partial charge < -0.3 is 5.32 Å². The van der Waals surface area contributed by atoms with Gasteiger partial charge in [0.05, 0.1) is 0 Å². The van der Waals surface area contributed by atoms with Gasteiger partial charge in [0.1, 0.15) is 0 Å². The van der Waals surface area contributed by atoms with E-state index in [1.165, 1.54) is 38.5 Å². The van der Waals surface area contributed by atoms with E-state index in [2.05, 4.69) is 39.9 Å².